The fraction of sp³-hybridized carbons (Fsp3) is 0.148. The highest BCUT2D eigenvalue weighted by atomic mass is 35.5. The van der Waals surface area contributed by atoms with Crippen LogP contribution in [0.1, 0.15) is 28.4 Å². The van der Waals surface area contributed by atoms with E-state index in [2.05, 4.69) is 5.10 Å². The number of methoxy groups -OCH3 is 1. The van der Waals surface area contributed by atoms with Crippen LogP contribution in [0.4, 0.5) is 5.69 Å². The highest BCUT2D eigenvalue weighted by Gasteiger charge is 2.29. The zero-order valence-electron chi connectivity index (χ0n) is 19.2. The molecular formula is C27H23ClN2O5. The topological polar surface area (TPSA) is 88.4 Å². The third-order valence-corrected chi connectivity index (χ3v) is 5.81. The number of benzene rings is 3. The first-order valence-electron chi connectivity index (χ1n) is 10.9. The summed E-state index contributed by atoms with van der Waals surface area (Å²) < 4.78 is 11.4. The van der Waals surface area contributed by atoms with Crippen molar-refractivity contribution in [2.75, 3.05) is 18.7 Å². The van der Waals surface area contributed by atoms with E-state index in [1.165, 1.54) is 22.7 Å². The molecule has 1 N–H and O–H groups in total. The smallest absolute Gasteiger partial charge is 0.337 e. The predicted octanol–water partition coefficient (Wildman–Crippen LogP) is 5.47. The summed E-state index contributed by atoms with van der Waals surface area (Å²) in [5.74, 6) is -0.396. The van der Waals surface area contributed by atoms with Crippen LogP contribution in [-0.2, 0) is 11.2 Å². The van der Waals surface area contributed by atoms with Gasteiger partial charge in [0.15, 0.2) is 11.5 Å². The monoisotopic (exact) mass is 490 g/mol. The van der Waals surface area contributed by atoms with Gasteiger partial charge in [-0.1, -0.05) is 48.0 Å². The summed E-state index contributed by atoms with van der Waals surface area (Å²) in [5, 5.41) is 14.9. The van der Waals surface area contributed by atoms with E-state index in [0.29, 0.717) is 35.1 Å². The Hall–Kier alpha value is -4.10. The van der Waals surface area contributed by atoms with Crippen molar-refractivity contribution in [3.63, 3.8) is 0 Å². The number of carbonyl (C=O) groups excluding carboxylic acids is 1. The third kappa shape index (κ3) is 5.36. The van der Waals surface area contributed by atoms with Crippen molar-refractivity contribution in [2.45, 2.75) is 13.3 Å². The molecule has 0 bridgehead atoms. The van der Waals surface area contributed by atoms with E-state index in [9.17, 15) is 14.7 Å². The van der Waals surface area contributed by atoms with Gasteiger partial charge in [0.25, 0.3) is 5.91 Å². The van der Waals surface area contributed by atoms with Crippen molar-refractivity contribution in [3.05, 3.63) is 94.0 Å². The molecule has 0 atom stereocenters. The Bertz CT molecular complexity index is 1330. The van der Waals surface area contributed by atoms with Gasteiger partial charge < -0.3 is 14.6 Å². The van der Waals surface area contributed by atoms with Gasteiger partial charge in [0.05, 0.1) is 41.3 Å². The molecule has 1 aliphatic rings. The average molecular weight is 491 g/mol. The number of halogens is 1. The average Bonchev–Trinajstić information content (AvgIpc) is 3.13. The van der Waals surface area contributed by atoms with Crippen molar-refractivity contribution >= 4 is 41.0 Å². The summed E-state index contributed by atoms with van der Waals surface area (Å²) in [5.41, 5.74) is 3.03. The van der Waals surface area contributed by atoms with Gasteiger partial charge in [0.1, 0.15) is 0 Å². The highest BCUT2D eigenvalue weighted by molar-refractivity contribution is 6.34. The van der Waals surface area contributed by atoms with E-state index in [1.807, 2.05) is 36.4 Å². The highest BCUT2D eigenvalue weighted by Crippen LogP contribution is 2.32. The molecule has 0 radical (unpaired) electrons. The summed E-state index contributed by atoms with van der Waals surface area (Å²) >= 11 is 5.95. The molecule has 7 nitrogen and oxygen atoms in total. The molecule has 8 heteroatoms. The molecule has 1 aliphatic heterocycles. The number of rotatable bonds is 8. The van der Waals surface area contributed by atoms with Crippen LogP contribution in [0, 0.1) is 0 Å². The molecule has 0 saturated carbocycles. The summed E-state index contributed by atoms with van der Waals surface area (Å²) in [6, 6.07) is 19.8. The lowest BCUT2D eigenvalue weighted by molar-refractivity contribution is -0.114. The molecule has 0 spiro atoms. The van der Waals surface area contributed by atoms with E-state index in [0.717, 1.165) is 12.0 Å². The maximum atomic E-state index is 13.1. The number of carbonyl (C=O) groups is 2. The molecule has 0 saturated heterocycles. The molecule has 0 aromatic heterocycles. The van der Waals surface area contributed by atoms with Gasteiger partial charge in [-0.3, -0.25) is 4.79 Å². The van der Waals surface area contributed by atoms with E-state index in [1.54, 1.807) is 38.3 Å². The Labute approximate surface area is 207 Å². The number of carboxylic acids is 1. The third-order valence-electron chi connectivity index (χ3n) is 5.48. The van der Waals surface area contributed by atoms with Crippen LogP contribution < -0.4 is 14.5 Å². The van der Waals surface area contributed by atoms with Crippen molar-refractivity contribution in [3.8, 4) is 11.5 Å². The fourth-order valence-electron chi connectivity index (χ4n) is 3.65. The van der Waals surface area contributed by atoms with Crippen LogP contribution in [0.25, 0.3) is 6.08 Å². The van der Waals surface area contributed by atoms with Crippen LogP contribution >= 0.6 is 11.6 Å². The lowest BCUT2D eigenvalue weighted by Gasteiger charge is -2.13. The second-order valence-corrected chi connectivity index (χ2v) is 8.23. The van der Waals surface area contributed by atoms with E-state index >= 15 is 0 Å². The number of carboxylic acid groups (broad SMARTS) is 1. The van der Waals surface area contributed by atoms with Gasteiger partial charge in [-0.05, 0) is 54.5 Å². The summed E-state index contributed by atoms with van der Waals surface area (Å²) in [4.78, 5) is 24.5. The summed E-state index contributed by atoms with van der Waals surface area (Å²) in [6.07, 6.45) is 2.48. The molecule has 3 aromatic rings. The summed E-state index contributed by atoms with van der Waals surface area (Å²) in [6.45, 7) is 2.22. The van der Waals surface area contributed by atoms with Gasteiger partial charge in [-0.15, -0.1) is 0 Å². The number of hydrogen-bond acceptors (Lipinski definition) is 5. The quantitative estimate of drug-likeness (QED) is 0.423. The molecule has 1 heterocycles. The number of aromatic carboxylic acids is 1. The maximum Gasteiger partial charge on any atom is 0.337 e. The van der Waals surface area contributed by atoms with Crippen LogP contribution in [0.3, 0.4) is 0 Å². The first-order valence-corrected chi connectivity index (χ1v) is 11.2. The van der Waals surface area contributed by atoms with Gasteiger partial charge in [-0.2, -0.15) is 10.1 Å². The van der Waals surface area contributed by atoms with Gasteiger partial charge in [-0.25, -0.2) is 4.79 Å². The minimum absolute atomic E-state index is 0.0857. The second kappa shape index (κ2) is 10.4. The lowest BCUT2D eigenvalue weighted by atomic mass is 10.1. The largest absolute Gasteiger partial charge is 0.493 e. The van der Waals surface area contributed by atoms with Gasteiger partial charge in [0.2, 0.25) is 0 Å². The zero-order chi connectivity index (χ0) is 24.9. The first-order chi connectivity index (χ1) is 16.9. The van der Waals surface area contributed by atoms with Crippen LogP contribution in [-0.4, -0.2) is 36.4 Å². The Morgan fingerprint density at radius 1 is 1.09 bits per heavy atom. The van der Waals surface area contributed by atoms with E-state index in [4.69, 9.17) is 21.1 Å². The zero-order valence-corrected chi connectivity index (χ0v) is 20.0. The molecule has 0 fully saturated rings. The molecular weight excluding hydrogens is 468 g/mol. The number of ether oxygens (including phenoxy) is 2. The first kappa shape index (κ1) is 24.0. The summed E-state index contributed by atoms with van der Waals surface area (Å²) in [7, 11) is 1.56. The Balaban J connectivity index is 1.52. The van der Waals surface area contributed by atoms with Crippen LogP contribution in [0.15, 0.2) is 77.4 Å². The van der Waals surface area contributed by atoms with Crippen LogP contribution in [0.2, 0.25) is 5.02 Å². The van der Waals surface area contributed by atoms with Gasteiger partial charge in [0, 0.05) is 6.42 Å². The minimum Gasteiger partial charge on any atom is -0.493 e. The van der Waals surface area contributed by atoms with E-state index < -0.39 is 5.97 Å². The molecule has 1 amide bonds. The maximum absolute atomic E-state index is 13.1. The Kier molecular flexibility index (Phi) is 7.17. The Morgan fingerprint density at radius 3 is 2.57 bits per heavy atom. The van der Waals surface area contributed by atoms with Crippen molar-refractivity contribution in [2.24, 2.45) is 5.10 Å². The fourth-order valence-corrected chi connectivity index (χ4v) is 3.85. The van der Waals surface area contributed by atoms with Crippen molar-refractivity contribution < 1.29 is 24.2 Å². The number of hydrazone groups is 1. The van der Waals surface area contributed by atoms with E-state index in [-0.39, 0.29) is 16.5 Å². The molecule has 3 aromatic carbocycles. The molecule has 35 heavy (non-hydrogen) atoms. The van der Waals surface area contributed by atoms with Crippen molar-refractivity contribution in [1.29, 1.82) is 0 Å². The number of nitrogens with zero attached hydrogens (tertiary/aromatic N) is 2. The number of amides is 1. The second-order valence-electron chi connectivity index (χ2n) is 7.82. The predicted molar refractivity (Wildman–Crippen MR) is 136 cm³/mol. The number of hydrogen-bond donors (Lipinski definition) is 1. The number of anilines is 1. The molecule has 178 valence electrons. The van der Waals surface area contributed by atoms with Crippen molar-refractivity contribution in [1.82, 2.24) is 0 Å². The SMILES string of the molecule is COc1cc(/C=C2\C(=O)N(c3ccc(Cl)c(C(=O)O)c3)N=C2C)ccc1OCCc1ccccc1. The molecule has 0 aliphatic carbocycles. The lowest BCUT2D eigenvalue weighted by Crippen LogP contribution is -2.21. The van der Waals surface area contributed by atoms with Gasteiger partial charge >= 0.3 is 5.97 Å². The molecule has 4 rings (SSSR count). The van der Waals surface area contributed by atoms with Crippen LogP contribution in [0.5, 0.6) is 11.5 Å². The minimum atomic E-state index is -1.18. The Morgan fingerprint density at radius 2 is 1.86 bits per heavy atom. The molecule has 0 unspecified atom stereocenters. The standard InChI is InChI=1S/C27H23ClN2O5/c1-17-21(26(31)30(29-17)20-9-10-23(28)22(16-20)27(32)33)14-19-8-11-24(25(15-19)34-2)35-13-12-18-6-4-3-5-7-18/h3-11,14-16H,12-13H2,1-2H3,(H,32,33)/b21-14-. The normalized spacial score (nSPS) is 14.3.